The topological polar surface area (TPSA) is 88.9 Å². The summed E-state index contributed by atoms with van der Waals surface area (Å²) in [6, 6.07) is 9.44. The lowest BCUT2D eigenvalue weighted by molar-refractivity contribution is -0.668. The Morgan fingerprint density at radius 3 is 2.90 bits per heavy atom. The summed E-state index contributed by atoms with van der Waals surface area (Å²) in [5, 5.41) is 7.10. The van der Waals surface area contributed by atoms with Crippen LogP contribution in [0.1, 0.15) is 6.92 Å². The van der Waals surface area contributed by atoms with Gasteiger partial charge in [-0.1, -0.05) is 32.6 Å². The summed E-state index contributed by atoms with van der Waals surface area (Å²) in [6.45, 7) is 1.51. The molecule has 0 saturated carbocycles. The number of rotatable bonds is 3. The van der Waals surface area contributed by atoms with Crippen LogP contribution in [-0.4, -0.2) is 26.6 Å². The number of benzene rings is 1. The van der Waals surface area contributed by atoms with Crippen LogP contribution in [-0.2, 0) is 14.4 Å². The van der Waals surface area contributed by atoms with Gasteiger partial charge >= 0.3 is 15.9 Å². The van der Waals surface area contributed by atoms with Crippen LogP contribution in [0.15, 0.2) is 41.6 Å². The summed E-state index contributed by atoms with van der Waals surface area (Å²) >= 11 is 0. The summed E-state index contributed by atoms with van der Waals surface area (Å²) in [5.74, 6) is 0.345. The van der Waals surface area contributed by atoms with Gasteiger partial charge in [0.1, 0.15) is 12.4 Å². The van der Waals surface area contributed by atoms with Gasteiger partial charge < -0.3 is 0 Å². The molecule has 1 aliphatic heterocycles. The Labute approximate surface area is 122 Å². The van der Waals surface area contributed by atoms with E-state index in [9.17, 15) is 8.42 Å². The van der Waals surface area contributed by atoms with E-state index in [0.717, 1.165) is 10.8 Å². The third kappa shape index (κ3) is 2.48. The third-order valence-corrected chi connectivity index (χ3v) is 4.28. The number of fused-ring (bicyclic) bond motifs is 3. The van der Waals surface area contributed by atoms with Crippen molar-refractivity contribution >= 4 is 32.9 Å². The van der Waals surface area contributed by atoms with E-state index in [1.165, 1.54) is 22.9 Å². The van der Waals surface area contributed by atoms with E-state index >= 15 is 0 Å². The molecule has 0 aliphatic carbocycles. The average Bonchev–Trinajstić information content (AvgIpc) is 2.49. The number of aromatic nitrogens is 1. The van der Waals surface area contributed by atoms with E-state index < -0.39 is 16.3 Å². The number of nitrogens with two attached hydrogens (primary N) is 1. The van der Waals surface area contributed by atoms with Crippen molar-refractivity contribution in [2.75, 3.05) is 10.8 Å². The minimum absolute atomic E-state index is 0.141. The first kappa shape index (κ1) is 13.9. The highest BCUT2D eigenvalue weighted by Crippen LogP contribution is 2.26. The Balaban J connectivity index is 2.20. The van der Waals surface area contributed by atoms with Crippen molar-refractivity contribution in [2.45, 2.75) is 13.1 Å². The summed E-state index contributed by atoms with van der Waals surface area (Å²) < 4.78 is 30.3. The molecule has 1 aliphatic rings. The first-order valence-corrected chi connectivity index (χ1v) is 8.04. The molecule has 0 fully saturated rings. The predicted molar refractivity (Wildman–Crippen MR) is 79.0 cm³/mol. The molecule has 3 rings (SSSR count). The number of hydrogen-bond donors (Lipinski definition) is 1. The molecule has 0 spiro atoms. The Bertz CT molecular complexity index is 819. The van der Waals surface area contributed by atoms with Gasteiger partial charge in [0.25, 0.3) is 0 Å². The molecule has 0 amide bonds. The van der Waals surface area contributed by atoms with E-state index in [0.29, 0.717) is 5.82 Å². The van der Waals surface area contributed by atoms with E-state index in [2.05, 4.69) is 5.10 Å². The number of hydroxylamine groups is 1. The molecule has 7 nitrogen and oxygen atoms in total. The fraction of sp³-hybridized carbons (Fsp3) is 0.231. The molecule has 1 aromatic heterocycles. The van der Waals surface area contributed by atoms with Gasteiger partial charge in [-0.3, -0.25) is 5.73 Å². The lowest BCUT2D eigenvalue weighted by Crippen LogP contribution is -2.54. The highest BCUT2D eigenvalue weighted by Gasteiger charge is 2.37. The molecule has 2 N–H and O–H groups in total. The summed E-state index contributed by atoms with van der Waals surface area (Å²) in [5.41, 5.74) is 5.92. The van der Waals surface area contributed by atoms with Crippen molar-refractivity contribution < 1.29 is 17.4 Å². The molecule has 2 aromatic rings. The van der Waals surface area contributed by atoms with Crippen LogP contribution in [0.4, 0.5) is 5.82 Å². The zero-order valence-corrected chi connectivity index (χ0v) is 12.2. The largest absolute Gasteiger partial charge is 0.343 e. The SMILES string of the molecule is CCS(=O)(=O)ON1c2c3ccccc3cc[n+]2N=CC1N. The Morgan fingerprint density at radius 1 is 1.38 bits per heavy atom. The van der Waals surface area contributed by atoms with Gasteiger partial charge in [0.15, 0.2) is 0 Å². The van der Waals surface area contributed by atoms with Gasteiger partial charge in [0.2, 0.25) is 6.17 Å². The number of anilines is 1. The molecule has 0 radical (unpaired) electrons. The zero-order valence-electron chi connectivity index (χ0n) is 11.4. The maximum Gasteiger partial charge on any atom is 0.343 e. The lowest BCUT2D eigenvalue weighted by Gasteiger charge is -2.22. The van der Waals surface area contributed by atoms with Crippen LogP contribution in [0.3, 0.4) is 0 Å². The first-order valence-electron chi connectivity index (χ1n) is 6.47. The van der Waals surface area contributed by atoms with Crippen molar-refractivity contribution in [2.24, 2.45) is 10.8 Å². The van der Waals surface area contributed by atoms with Crippen molar-refractivity contribution in [1.29, 1.82) is 0 Å². The Morgan fingerprint density at radius 2 is 2.14 bits per heavy atom. The Hall–Kier alpha value is -2.03. The molecular formula is C13H15N4O3S+. The van der Waals surface area contributed by atoms with Crippen molar-refractivity contribution in [3.63, 3.8) is 0 Å². The first-order chi connectivity index (χ1) is 10.0. The zero-order chi connectivity index (χ0) is 15.0. The van der Waals surface area contributed by atoms with E-state index in [4.69, 9.17) is 10.0 Å². The maximum absolute atomic E-state index is 11.8. The fourth-order valence-electron chi connectivity index (χ4n) is 2.11. The fourth-order valence-corrected chi connectivity index (χ4v) is 2.63. The predicted octanol–water partition coefficient (Wildman–Crippen LogP) is 0.347. The standard InChI is InChI=1S/C13H15N4O3S/c1-2-21(18,19)20-17-12(14)9-15-16-8-7-10-5-3-4-6-11(10)13(16)17/h3-9,12H,2,14H2,1H3/q+1. The quantitative estimate of drug-likeness (QED) is 0.826. The van der Waals surface area contributed by atoms with E-state index in [-0.39, 0.29) is 5.75 Å². The molecule has 0 saturated heterocycles. The minimum Gasteiger partial charge on any atom is -0.285 e. The number of pyridine rings is 1. The summed E-state index contributed by atoms with van der Waals surface area (Å²) in [7, 11) is -3.69. The summed E-state index contributed by atoms with van der Waals surface area (Å²) in [4.78, 5) is 0. The van der Waals surface area contributed by atoms with Crippen LogP contribution in [0, 0.1) is 0 Å². The van der Waals surface area contributed by atoms with Crippen LogP contribution in [0.25, 0.3) is 10.8 Å². The monoisotopic (exact) mass is 307 g/mol. The molecule has 2 heterocycles. The molecule has 21 heavy (non-hydrogen) atoms. The smallest absolute Gasteiger partial charge is 0.285 e. The van der Waals surface area contributed by atoms with Gasteiger partial charge in [-0.15, -0.1) is 4.68 Å². The Kier molecular flexibility index (Phi) is 3.36. The lowest BCUT2D eigenvalue weighted by atomic mass is 10.1. The molecule has 1 atom stereocenters. The van der Waals surface area contributed by atoms with Gasteiger partial charge in [-0.2, -0.15) is 8.42 Å². The van der Waals surface area contributed by atoms with Crippen LogP contribution in [0.2, 0.25) is 0 Å². The molecule has 1 aromatic carbocycles. The van der Waals surface area contributed by atoms with Crippen LogP contribution >= 0.6 is 0 Å². The molecule has 8 heteroatoms. The summed E-state index contributed by atoms with van der Waals surface area (Å²) in [6.07, 6.45) is 2.37. The number of nitrogens with zero attached hydrogens (tertiary/aromatic N) is 3. The second-order valence-corrected chi connectivity index (χ2v) is 6.41. The maximum atomic E-state index is 11.8. The van der Waals surface area contributed by atoms with Crippen molar-refractivity contribution in [3.8, 4) is 0 Å². The minimum atomic E-state index is -3.69. The van der Waals surface area contributed by atoms with Gasteiger partial charge in [0, 0.05) is 0 Å². The van der Waals surface area contributed by atoms with Gasteiger partial charge in [-0.25, -0.2) is 0 Å². The highest BCUT2D eigenvalue weighted by atomic mass is 32.2. The molecule has 110 valence electrons. The van der Waals surface area contributed by atoms with E-state index in [1.54, 1.807) is 6.20 Å². The molecule has 0 bridgehead atoms. The van der Waals surface area contributed by atoms with Gasteiger partial charge in [0.05, 0.1) is 11.1 Å². The molecule has 1 unspecified atom stereocenters. The highest BCUT2D eigenvalue weighted by molar-refractivity contribution is 7.86. The molecular weight excluding hydrogens is 292 g/mol. The average molecular weight is 307 g/mol. The second kappa shape index (κ2) is 5.06. The number of hydrogen-bond acceptors (Lipinski definition) is 6. The second-order valence-electron chi connectivity index (χ2n) is 4.57. The van der Waals surface area contributed by atoms with Crippen LogP contribution in [0.5, 0.6) is 0 Å². The normalized spacial score (nSPS) is 18.0. The van der Waals surface area contributed by atoms with Gasteiger partial charge in [-0.05, 0) is 24.4 Å². The van der Waals surface area contributed by atoms with Crippen molar-refractivity contribution in [1.82, 2.24) is 0 Å². The van der Waals surface area contributed by atoms with E-state index in [1.807, 2.05) is 30.3 Å². The van der Waals surface area contributed by atoms with Crippen LogP contribution < -0.4 is 15.5 Å². The third-order valence-electron chi connectivity index (χ3n) is 3.18. The van der Waals surface area contributed by atoms with Crippen molar-refractivity contribution in [3.05, 3.63) is 36.5 Å².